The Hall–Kier alpha value is -3.61. The van der Waals surface area contributed by atoms with Crippen molar-refractivity contribution in [2.24, 2.45) is 0 Å². The number of rotatable bonds is 3. The third-order valence-corrected chi connectivity index (χ3v) is 3.94. The Bertz CT molecular complexity index is 1050. The molecule has 0 unspecified atom stereocenters. The molecule has 122 valence electrons. The van der Waals surface area contributed by atoms with E-state index in [1.54, 1.807) is 16.9 Å². The first-order valence-electron chi connectivity index (χ1n) is 7.71. The van der Waals surface area contributed by atoms with Crippen molar-refractivity contribution >= 4 is 22.5 Å². The molecule has 0 bridgehead atoms. The SMILES string of the molecule is Cc1cc(C(=O)Nc2cccc3cccnc23)ccc1-n1cnnn1. The van der Waals surface area contributed by atoms with Crippen molar-refractivity contribution in [1.29, 1.82) is 0 Å². The van der Waals surface area contributed by atoms with Gasteiger partial charge in [0.15, 0.2) is 0 Å². The molecule has 0 aliphatic rings. The predicted molar refractivity (Wildman–Crippen MR) is 93.6 cm³/mol. The summed E-state index contributed by atoms with van der Waals surface area (Å²) in [7, 11) is 0. The Morgan fingerprint density at radius 1 is 1.12 bits per heavy atom. The molecule has 2 aromatic heterocycles. The van der Waals surface area contributed by atoms with Crippen LogP contribution in [0.25, 0.3) is 16.6 Å². The maximum atomic E-state index is 12.6. The molecule has 0 spiro atoms. The lowest BCUT2D eigenvalue weighted by Gasteiger charge is -2.10. The van der Waals surface area contributed by atoms with Crippen LogP contribution in [0.1, 0.15) is 15.9 Å². The lowest BCUT2D eigenvalue weighted by molar-refractivity contribution is 0.102. The van der Waals surface area contributed by atoms with Crippen molar-refractivity contribution in [2.75, 3.05) is 5.32 Å². The second-order valence-electron chi connectivity index (χ2n) is 5.59. The zero-order valence-electron chi connectivity index (χ0n) is 13.4. The smallest absolute Gasteiger partial charge is 0.255 e. The van der Waals surface area contributed by atoms with Crippen molar-refractivity contribution in [3.05, 3.63) is 72.2 Å². The molecule has 7 nitrogen and oxygen atoms in total. The normalized spacial score (nSPS) is 10.8. The van der Waals surface area contributed by atoms with Crippen LogP contribution in [0.4, 0.5) is 5.69 Å². The van der Waals surface area contributed by atoms with E-state index in [0.717, 1.165) is 22.2 Å². The van der Waals surface area contributed by atoms with Crippen molar-refractivity contribution < 1.29 is 4.79 Å². The molecule has 0 saturated carbocycles. The highest BCUT2D eigenvalue weighted by Crippen LogP contribution is 2.22. The minimum absolute atomic E-state index is 0.190. The molecular weight excluding hydrogens is 316 g/mol. The van der Waals surface area contributed by atoms with E-state index >= 15 is 0 Å². The summed E-state index contributed by atoms with van der Waals surface area (Å²) in [5.41, 5.74) is 3.73. The summed E-state index contributed by atoms with van der Waals surface area (Å²) in [5.74, 6) is -0.190. The van der Waals surface area contributed by atoms with Gasteiger partial charge in [0, 0.05) is 17.1 Å². The second kappa shape index (κ2) is 6.12. The number of fused-ring (bicyclic) bond motifs is 1. The van der Waals surface area contributed by atoms with Crippen LogP contribution in [-0.4, -0.2) is 31.1 Å². The molecular formula is C18H14N6O. The number of amides is 1. The summed E-state index contributed by atoms with van der Waals surface area (Å²) in [6, 6.07) is 14.9. The highest BCUT2D eigenvalue weighted by molar-refractivity contribution is 6.08. The quantitative estimate of drug-likeness (QED) is 0.624. The Morgan fingerprint density at radius 2 is 2.00 bits per heavy atom. The largest absolute Gasteiger partial charge is 0.320 e. The first-order valence-corrected chi connectivity index (χ1v) is 7.71. The molecule has 2 aromatic carbocycles. The Labute approximate surface area is 143 Å². The summed E-state index contributed by atoms with van der Waals surface area (Å²) in [5, 5.41) is 15.0. The van der Waals surface area contributed by atoms with Crippen LogP contribution in [0, 0.1) is 6.92 Å². The van der Waals surface area contributed by atoms with E-state index in [1.165, 1.54) is 6.33 Å². The number of aromatic nitrogens is 5. The van der Waals surface area contributed by atoms with Crippen molar-refractivity contribution in [2.45, 2.75) is 6.92 Å². The average Bonchev–Trinajstić information content (AvgIpc) is 3.16. The molecule has 1 amide bonds. The van der Waals surface area contributed by atoms with E-state index in [4.69, 9.17) is 0 Å². The fourth-order valence-corrected chi connectivity index (χ4v) is 2.72. The number of nitrogens with zero attached hydrogens (tertiary/aromatic N) is 5. The lowest BCUT2D eigenvalue weighted by Crippen LogP contribution is -2.13. The number of benzene rings is 2. The number of pyridine rings is 1. The molecule has 1 N–H and O–H groups in total. The number of aryl methyl sites for hydroxylation is 1. The first kappa shape index (κ1) is 14.9. The topological polar surface area (TPSA) is 85.6 Å². The number of para-hydroxylation sites is 1. The Balaban J connectivity index is 1.64. The maximum Gasteiger partial charge on any atom is 0.255 e. The van der Waals surface area contributed by atoms with Gasteiger partial charge in [0.05, 0.1) is 16.9 Å². The molecule has 4 rings (SSSR count). The van der Waals surface area contributed by atoms with Crippen LogP contribution in [0.5, 0.6) is 0 Å². The van der Waals surface area contributed by atoms with E-state index in [2.05, 4.69) is 25.8 Å². The van der Waals surface area contributed by atoms with Gasteiger partial charge >= 0.3 is 0 Å². The average molecular weight is 330 g/mol. The monoisotopic (exact) mass is 330 g/mol. The van der Waals surface area contributed by atoms with Gasteiger partial charge in [-0.2, -0.15) is 0 Å². The number of tetrazole rings is 1. The van der Waals surface area contributed by atoms with Gasteiger partial charge in [-0.25, -0.2) is 4.68 Å². The minimum Gasteiger partial charge on any atom is -0.320 e. The van der Waals surface area contributed by atoms with Gasteiger partial charge < -0.3 is 5.32 Å². The number of carbonyl (C=O) groups is 1. The number of hydrogen-bond donors (Lipinski definition) is 1. The van der Waals surface area contributed by atoms with Gasteiger partial charge in [-0.05, 0) is 53.2 Å². The molecule has 0 saturated heterocycles. The fourth-order valence-electron chi connectivity index (χ4n) is 2.72. The van der Waals surface area contributed by atoms with Crippen LogP contribution < -0.4 is 5.32 Å². The maximum absolute atomic E-state index is 12.6. The molecule has 0 aliphatic heterocycles. The van der Waals surface area contributed by atoms with E-state index in [1.807, 2.05) is 49.4 Å². The highest BCUT2D eigenvalue weighted by Gasteiger charge is 2.11. The van der Waals surface area contributed by atoms with Crippen LogP contribution in [0.2, 0.25) is 0 Å². The number of anilines is 1. The van der Waals surface area contributed by atoms with Crippen LogP contribution in [0.15, 0.2) is 61.1 Å². The number of hydrogen-bond acceptors (Lipinski definition) is 5. The molecule has 0 radical (unpaired) electrons. The third kappa shape index (κ3) is 2.83. The van der Waals surface area contributed by atoms with Gasteiger partial charge in [-0.1, -0.05) is 18.2 Å². The highest BCUT2D eigenvalue weighted by atomic mass is 16.1. The van der Waals surface area contributed by atoms with Crippen LogP contribution >= 0.6 is 0 Å². The molecule has 4 aromatic rings. The number of carbonyl (C=O) groups excluding carboxylic acids is 1. The zero-order chi connectivity index (χ0) is 17.2. The molecule has 0 aliphatic carbocycles. The lowest BCUT2D eigenvalue weighted by atomic mass is 10.1. The van der Waals surface area contributed by atoms with E-state index in [9.17, 15) is 4.79 Å². The summed E-state index contributed by atoms with van der Waals surface area (Å²) in [6.45, 7) is 1.91. The van der Waals surface area contributed by atoms with E-state index in [0.29, 0.717) is 11.3 Å². The Morgan fingerprint density at radius 3 is 2.80 bits per heavy atom. The van der Waals surface area contributed by atoms with Crippen LogP contribution in [0.3, 0.4) is 0 Å². The fraction of sp³-hybridized carbons (Fsp3) is 0.0556. The van der Waals surface area contributed by atoms with Crippen molar-refractivity contribution in [3.8, 4) is 5.69 Å². The molecule has 25 heavy (non-hydrogen) atoms. The Kier molecular flexibility index (Phi) is 3.66. The third-order valence-electron chi connectivity index (χ3n) is 3.94. The molecule has 0 atom stereocenters. The number of nitrogens with one attached hydrogen (secondary N) is 1. The minimum atomic E-state index is -0.190. The summed E-state index contributed by atoms with van der Waals surface area (Å²) in [6.07, 6.45) is 3.23. The molecule has 7 heteroatoms. The summed E-state index contributed by atoms with van der Waals surface area (Å²) >= 11 is 0. The first-order chi connectivity index (χ1) is 12.2. The van der Waals surface area contributed by atoms with Gasteiger partial charge in [0.2, 0.25) is 0 Å². The van der Waals surface area contributed by atoms with Gasteiger partial charge in [-0.3, -0.25) is 9.78 Å². The van der Waals surface area contributed by atoms with Gasteiger partial charge in [-0.15, -0.1) is 5.10 Å². The molecule has 0 fully saturated rings. The van der Waals surface area contributed by atoms with Gasteiger partial charge in [0.25, 0.3) is 5.91 Å². The zero-order valence-corrected chi connectivity index (χ0v) is 13.4. The molecule has 2 heterocycles. The second-order valence-corrected chi connectivity index (χ2v) is 5.59. The summed E-state index contributed by atoms with van der Waals surface area (Å²) < 4.78 is 1.56. The standard InChI is InChI=1S/C18H14N6O/c1-12-10-14(7-8-16(12)24-11-20-22-23-24)18(25)21-15-6-2-4-13-5-3-9-19-17(13)15/h2-11H,1H3,(H,21,25). The van der Waals surface area contributed by atoms with Crippen molar-refractivity contribution in [1.82, 2.24) is 25.2 Å². The van der Waals surface area contributed by atoms with Gasteiger partial charge in [0.1, 0.15) is 6.33 Å². The summed E-state index contributed by atoms with van der Waals surface area (Å²) in [4.78, 5) is 17.0. The predicted octanol–water partition coefficient (Wildman–Crippen LogP) is 2.77. The van der Waals surface area contributed by atoms with Crippen LogP contribution in [-0.2, 0) is 0 Å². The van der Waals surface area contributed by atoms with Crippen molar-refractivity contribution in [3.63, 3.8) is 0 Å². The van der Waals surface area contributed by atoms with E-state index < -0.39 is 0 Å². The van der Waals surface area contributed by atoms with E-state index in [-0.39, 0.29) is 5.91 Å².